The number of thiazole rings is 1. The van der Waals surface area contributed by atoms with Crippen LogP contribution in [-0.2, 0) is 10.5 Å². The number of carbonyl (C=O) groups is 2. The summed E-state index contributed by atoms with van der Waals surface area (Å²) in [7, 11) is 0. The minimum atomic E-state index is -0.889. The van der Waals surface area contributed by atoms with Crippen molar-refractivity contribution in [3.05, 3.63) is 105 Å². The Morgan fingerprint density at radius 1 is 1.11 bits per heavy atom. The maximum Gasteiger partial charge on any atom is 0.296 e. The Hall–Kier alpha value is -3.67. The molecular formula is C27H21FN4O3S3. The number of amides is 1. The topological polar surface area (TPSA) is 96.3 Å². The molecule has 11 heteroatoms. The van der Waals surface area contributed by atoms with Gasteiger partial charge in [0.2, 0.25) is 10.9 Å². The summed E-state index contributed by atoms with van der Waals surface area (Å²) in [5.74, 6) is -1.54. The smallest absolute Gasteiger partial charge is 0.296 e. The molecule has 5 rings (SSSR count). The lowest BCUT2D eigenvalue weighted by Crippen LogP contribution is -2.35. The number of carbonyl (C=O) groups excluding carboxylic acids is 2. The molecule has 0 bridgehead atoms. The standard InChI is InChI=1S/C27H21FN4O3S3/c1-15-24(37-16(2)29-15)22(33)21-20(13-10-17-6-4-3-5-7-17)32(25(35)23(21)34)26-30-31-27(38-26)36-14-18-8-11-19(28)12-9-18/h3-13,20,34H,14H2,1-2H3/b13-10+. The molecule has 0 saturated heterocycles. The number of ketones is 1. The lowest BCUT2D eigenvalue weighted by molar-refractivity contribution is -0.116. The normalized spacial score (nSPS) is 15.7. The van der Waals surface area contributed by atoms with Crippen molar-refractivity contribution >= 4 is 57.3 Å². The predicted molar refractivity (Wildman–Crippen MR) is 148 cm³/mol. The highest BCUT2D eigenvalue weighted by atomic mass is 32.2. The number of aliphatic hydroxyl groups excluding tert-OH is 1. The fourth-order valence-corrected chi connectivity index (χ4v) is 6.67. The molecule has 1 aliphatic rings. The number of hydrogen-bond donors (Lipinski definition) is 1. The summed E-state index contributed by atoms with van der Waals surface area (Å²) < 4.78 is 13.8. The monoisotopic (exact) mass is 564 g/mol. The second-order valence-electron chi connectivity index (χ2n) is 8.39. The van der Waals surface area contributed by atoms with Crippen LogP contribution in [0.15, 0.2) is 76.3 Å². The van der Waals surface area contributed by atoms with Crippen LogP contribution in [0.3, 0.4) is 0 Å². The van der Waals surface area contributed by atoms with Crippen LogP contribution in [0, 0.1) is 19.7 Å². The number of rotatable bonds is 8. The number of aliphatic hydroxyl groups is 1. The first-order chi connectivity index (χ1) is 18.3. The van der Waals surface area contributed by atoms with Crippen LogP contribution in [0.2, 0.25) is 0 Å². The molecule has 1 N–H and O–H groups in total. The highest BCUT2D eigenvalue weighted by molar-refractivity contribution is 8.00. The van der Waals surface area contributed by atoms with Crippen molar-refractivity contribution in [1.29, 1.82) is 0 Å². The van der Waals surface area contributed by atoms with Gasteiger partial charge in [0.05, 0.1) is 27.2 Å². The van der Waals surface area contributed by atoms with Crippen LogP contribution in [0.5, 0.6) is 0 Å². The van der Waals surface area contributed by atoms with Gasteiger partial charge < -0.3 is 5.11 Å². The Balaban J connectivity index is 1.47. The van der Waals surface area contributed by atoms with Crippen LogP contribution in [0.25, 0.3) is 6.08 Å². The summed E-state index contributed by atoms with van der Waals surface area (Å²) in [6.07, 6.45) is 3.51. The number of aromatic nitrogens is 3. The van der Waals surface area contributed by atoms with E-state index < -0.39 is 23.5 Å². The third-order valence-electron chi connectivity index (χ3n) is 5.75. The predicted octanol–water partition coefficient (Wildman–Crippen LogP) is 6.17. The number of thioether (sulfide) groups is 1. The van der Waals surface area contributed by atoms with E-state index >= 15 is 0 Å². The summed E-state index contributed by atoms with van der Waals surface area (Å²) >= 11 is 3.80. The van der Waals surface area contributed by atoms with E-state index in [1.165, 1.54) is 51.5 Å². The number of benzene rings is 2. The molecule has 2 aromatic carbocycles. The molecule has 3 heterocycles. The van der Waals surface area contributed by atoms with Crippen molar-refractivity contribution in [2.24, 2.45) is 0 Å². The Morgan fingerprint density at radius 2 is 1.84 bits per heavy atom. The zero-order valence-corrected chi connectivity index (χ0v) is 22.7. The molecule has 1 aliphatic heterocycles. The van der Waals surface area contributed by atoms with E-state index in [4.69, 9.17) is 0 Å². The van der Waals surface area contributed by atoms with E-state index in [-0.39, 0.29) is 16.5 Å². The number of halogens is 1. The molecule has 0 aliphatic carbocycles. The van der Waals surface area contributed by atoms with Gasteiger partial charge in [0.1, 0.15) is 5.82 Å². The maximum absolute atomic E-state index is 13.6. The summed E-state index contributed by atoms with van der Waals surface area (Å²) in [6, 6.07) is 14.8. The van der Waals surface area contributed by atoms with Crippen LogP contribution >= 0.6 is 34.4 Å². The van der Waals surface area contributed by atoms with E-state index in [1.807, 2.05) is 30.3 Å². The molecular weight excluding hydrogens is 544 g/mol. The maximum atomic E-state index is 13.6. The highest BCUT2D eigenvalue weighted by Crippen LogP contribution is 2.38. The number of anilines is 1. The molecule has 4 aromatic rings. The van der Waals surface area contributed by atoms with Crippen molar-refractivity contribution in [2.45, 2.75) is 30.0 Å². The Morgan fingerprint density at radius 3 is 2.53 bits per heavy atom. The number of nitrogens with zero attached hydrogens (tertiary/aromatic N) is 4. The van der Waals surface area contributed by atoms with E-state index in [0.717, 1.165) is 16.1 Å². The lowest BCUT2D eigenvalue weighted by atomic mass is 10.0. The van der Waals surface area contributed by atoms with Gasteiger partial charge in [-0.25, -0.2) is 9.37 Å². The molecule has 192 valence electrons. The molecule has 1 unspecified atom stereocenters. The zero-order chi connectivity index (χ0) is 26.8. The third-order valence-corrected chi connectivity index (χ3v) is 8.95. The van der Waals surface area contributed by atoms with Gasteiger partial charge in [0.15, 0.2) is 10.1 Å². The van der Waals surface area contributed by atoms with Gasteiger partial charge in [-0.1, -0.05) is 77.7 Å². The zero-order valence-electron chi connectivity index (χ0n) is 20.3. The number of hydrogen-bond acceptors (Lipinski definition) is 9. The van der Waals surface area contributed by atoms with Crippen molar-refractivity contribution in [1.82, 2.24) is 15.2 Å². The number of Topliss-reactive ketones (excluding diaryl/α,β-unsaturated/α-hetero) is 1. The van der Waals surface area contributed by atoms with Gasteiger partial charge in [-0.3, -0.25) is 14.5 Å². The largest absolute Gasteiger partial charge is 0.503 e. The van der Waals surface area contributed by atoms with Gasteiger partial charge in [0, 0.05) is 5.75 Å². The summed E-state index contributed by atoms with van der Waals surface area (Å²) in [6.45, 7) is 3.53. The summed E-state index contributed by atoms with van der Waals surface area (Å²) in [5, 5.41) is 20.3. The first-order valence-corrected chi connectivity index (χ1v) is 14.1. The lowest BCUT2D eigenvalue weighted by Gasteiger charge is -2.20. The minimum Gasteiger partial charge on any atom is -0.503 e. The van der Waals surface area contributed by atoms with Gasteiger partial charge in [0.25, 0.3) is 5.91 Å². The molecule has 0 radical (unpaired) electrons. The van der Waals surface area contributed by atoms with Crippen LogP contribution in [-0.4, -0.2) is 38.0 Å². The molecule has 0 spiro atoms. The van der Waals surface area contributed by atoms with E-state index in [2.05, 4.69) is 15.2 Å². The second kappa shape index (κ2) is 11.0. The molecule has 0 fully saturated rings. The average Bonchev–Trinajstić information content (AvgIpc) is 3.58. The first-order valence-electron chi connectivity index (χ1n) is 11.5. The van der Waals surface area contributed by atoms with Gasteiger partial charge in [-0.15, -0.1) is 21.5 Å². The first kappa shape index (κ1) is 26.0. The van der Waals surface area contributed by atoms with E-state index in [0.29, 0.717) is 20.7 Å². The van der Waals surface area contributed by atoms with Crippen LogP contribution in [0.4, 0.5) is 9.52 Å². The molecule has 1 amide bonds. The molecule has 1 atom stereocenters. The van der Waals surface area contributed by atoms with Crippen molar-refractivity contribution < 1.29 is 19.1 Å². The summed E-state index contributed by atoms with van der Waals surface area (Å²) in [5.41, 5.74) is 2.31. The fraction of sp³-hybridized carbons (Fsp3) is 0.148. The SMILES string of the molecule is Cc1nc(C)c(C(=O)C2=C(O)C(=O)N(c3nnc(SCc4ccc(F)cc4)s3)C2/C=C/c2ccccc2)s1. The fourth-order valence-electron chi connectivity index (χ4n) is 3.97. The van der Waals surface area contributed by atoms with E-state index in [9.17, 15) is 19.1 Å². The van der Waals surface area contributed by atoms with Gasteiger partial charge >= 0.3 is 0 Å². The molecule has 0 saturated carbocycles. The Labute approximate surface area is 230 Å². The molecule has 2 aromatic heterocycles. The van der Waals surface area contributed by atoms with Crippen molar-refractivity contribution in [3.8, 4) is 0 Å². The van der Waals surface area contributed by atoms with Crippen molar-refractivity contribution in [2.75, 3.05) is 4.90 Å². The average molecular weight is 565 g/mol. The minimum absolute atomic E-state index is 0.0235. The number of aryl methyl sites for hydroxylation is 2. The Kier molecular flexibility index (Phi) is 7.50. The van der Waals surface area contributed by atoms with Crippen molar-refractivity contribution in [3.63, 3.8) is 0 Å². The Bertz CT molecular complexity index is 1560. The summed E-state index contributed by atoms with van der Waals surface area (Å²) in [4.78, 5) is 32.9. The highest BCUT2D eigenvalue weighted by Gasteiger charge is 2.44. The quantitative estimate of drug-likeness (QED) is 0.155. The van der Waals surface area contributed by atoms with Gasteiger partial charge in [-0.2, -0.15) is 0 Å². The molecule has 7 nitrogen and oxygen atoms in total. The van der Waals surface area contributed by atoms with Gasteiger partial charge in [-0.05, 0) is 37.1 Å². The van der Waals surface area contributed by atoms with E-state index in [1.54, 1.807) is 38.1 Å². The second-order valence-corrected chi connectivity index (χ2v) is 11.8. The molecule has 38 heavy (non-hydrogen) atoms. The third kappa shape index (κ3) is 5.31. The van der Waals surface area contributed by atoms with Crippen LogP contribution in [0.1, 0.15) is 31.5 Å². The van der Waals surface area contributed by atoms with Crippen LogP contribution < -0.4 is 4.90 Å².